The van der Waals surface area contributed by atoms with Crippen molar-refractivity contribution in [2.45, 2.75) is 12.7 Å². The van der Waals surface area contributed by atoms with Crippen LogP contribution in [0.3, 0.4) is 0 Å². The van der Waals surface area contributed by atoms with E-state index in [-0.39, 0.29) is 18.0 Å². The first-order chi connectivity index (χ1) is 8.79. The maximum absolute atomic E-state index is 12.3. The van der Waals surface area contributed by atoms with Gasteiger partial charge in [-0.15, -0.1) is 0 Å². The van der Waals surface area contributed by atoms with Crippen LogP contribution in [0, 0.1) is 0 Å². The molecule has 0 heterocycles. The van der Waals surface area contributed by atoms with Crippen LogP contribution in [-0.2, 0) is 11.3 Å². The molecule has 0 amide bonds. The Morgan fingerprint density at radius 2 is 2.00 bits per heavy atom. The van der Waals surface area contributed by atoms with Gasteiger partial charge in [0.05, 0.1) is 7.11 Å². The minimum Gasteiger partial charge on any atom is -0.493 e. The van der Waals surface area contributed by atoms with Gasteiger partial charge in [-0.3, -0.25) is 0 Å². The van der Waals surface area contributed by atoms with E-state index in [0.717, 1.165) is 0 Å². The van der Waals surface area contributed by atoms with E-state index >= 15 is 0 Å². The monoisotopic (exact) mass is 275 g/mol. The first-order valence-corrected chi connectivity index (χ1v) is 5.15. The van der Waals surface area contributed by atoms with E-state index < -0.39 is 17.7 Å². The SMILES string of the molecule is C=C(C(=O)Oc1ccc(CN)cc1OC)C(F)(F)F. The number of halogens is 3. The van der Waals surface area contributed by atoms with Crippen molar-refractivity contribution >= 4 is 5.97 Å². The summed E-state index contributed by atoms with van der Waals surface area (Å²) in [5, 5.41) is 0. The van der Waals surface area contributed by atoms with E-state index in [4.69, 9.17) is 10.5 Å². The summed E-state index contributed by atoms with van der Waals surface area (Å²) < 4.78 is 46.3. The number of carbonyl (C=O) groups is 1. The minimum absolute atomic E-state index is 0.117. The van der Waals surface area contributed by atoms with Crippen LogP contribution < -0.4 is 15.2 Å². The number of ether oxygens (including phenoxy) is 2. The topological polar surface area (TPSA) is 61.5 Å². The molecule has 0 saturated carbocycles. The molecule has 1 aromatic rings. The highest BCUT2D eigenvalue weighted by atomic mass is 19.4. The van der Waals surface area contributed by atoms with Gasteiger partial charge in [0.2, 0.25) is 0 Å². The summed E-state index contributed by atoms with van der Waals surface area (Å²) >= 11 is 0. The maximum atomic E-state index is 12.3. The van der Waals surface area contributed by atoms with Crippen LogP contribution in [0.15, 0.2) is 30.4 Å². The third kappa shape index (κ3) is 3.72. The number of nitrogens with two attached hydrogens (primary N) is 1. The summed E-state index contributed by atoms with van der Waals surface area (Å²) in [5.41, 5.74) is 4.50. The zero-order valence-corrected chi connectivity index (χ0v) is 10.1. The Kier molecular flexibility index (Phi) is 4.55. The van der Waals surface area contributed by atoms with Crippen LogP contribution in [-0.4, -0.2) is 19.3 Å². The molecule has 1 rings (SSSR count). The van der Waals surface area contributed by atoms with Crippen LogP contribution in [0.1, 0.15) is 5.56 Å². The fraction of sp³-hybridized carbons (Fsp3) is 0.250. The second kappa shape index (κ2) is 5.75. The lowest BCUT2D eigenvalue weighted by molar-refractivity contribution is -0.142. The third-order valence-electron chi connectivity index (χ3n) is 2.25. The van der Waals surface area contributed by atoms with E-state index in [1.807, 2.05) is 0 Å². The second-order valence-corrected chi connectivity index (χ2v) is 3.56. The van der Waals surface area contributed by atoms with Gasteiger partial charge < -0.3 is 15.2 Å². The predicted molar refractivity (Wildman–Crippen MR) is 61.7 cm³/mol. The molecule has 0 aliphatic rings. The van der Waals surface area contributed by atoms with E-state index in [2.05, 4.69) is 11.3 Å². The molecule has 0 aliphatic carbocycles. The van der Waals surface area contributed by atoms with Crippen molar-refractivity contribution in [2.75, 3.05) is 7.11 Å². The first-order valence-electron chi connectivity index (χ1n) is 5.15. The molecule has 2 N–H and O–H groups in total. The molecule has 19 heavy (non-hydrogen) atoms. The van der Waals surface area contributed by atoms with Crippen LogP contribution in [0.5, 0.6) is 11.5 Å². The summed E-state index contributed by atoms with van der Waals surface area (Å²) in [6.45, 7) is 2.87. The summed E-state index contributed by atoms with van der Waals surface area (Å²) in [6.07, 6.45) is -4.83. The molecule has 0 saturated heterocycles. The lowest BCUT2D eigenvalue weighted by atomic mass is 10.2. The van der Waals surface area contributed by atoms with Crippen molar-refractivity contribution in [3.05, 3.63) is 35.9 Å². The average molecular weight is 275 g/mol. The smallest absolute Gasteiger partial charge is 0.422 e. The molecule has 0 aromatic heterocycles. The van der Waals surface area contributed by atoms with Gasteiger partial charge in [0, 0.05) is 6.54 Å². The molecule has 0 bridgehead atoms. The number of carbonyl (C=O) groups excluding carboxylic acids is 1. The predicted octanol–water partition coefficient (Wildman–Crippen LogP) is 2.18. The summed E-state index contributed by atoms with van der Waals surface area (Å²) in [5.74, 6) is -1.59. The molecular formula is C12H12F3NO3. The normalized spacial score (nSPS) is 11.0. The second-order valence-electron chi connectivity index (χ2n) is 3.56. The molecule has 0 unspecified atom stereocenters. The van der Waals surface area contributed by atoms with Crippen molar-refractivity contribution in [1.82, 2.24) is 0 Å². The average Bonchev–Trinajstić information content (AvgIpc) is 2.37. The number of alkyl halides is 3. The van der Waals surface area contributed by atoms with E-state index in [0.29, 0.717) is 5.56 Å². The highest BCUT2D eigenvalue weighted by molar-refractivity contribution is 5.91. The number of methoxy groups -OCH3 is 1. The molecule has 0 atom stereocenters. The van der Waals surface area contributed by atoms with Crippen molar-refractivity contribution in [3.8, 4) is 11.5 Å². The quantitative estimate of drug-likeness (QED) is 0.519. The Balaban J connectivity index is 2.94. The third-order valence-corrected chi connectivity index (χ3v) is 2.25. The summed E-state index contributed by atoms with van der Waals surface area (Å²) in [6, 6.07) is 4.29. The lowest BCUT2D eigenvalue weighted by Crippen LogP contribution is -2.23. The Labute approximate surface area is 107 Å². The van der Waals surface area contributed by atoms with Gasteiger partial charge in [-0.2, -0.15) is 13.2 Å². The van der Waals surface area contributed by atoms with Gasteiger partial charge in [0.15, 0.2) is 11.5 Å². The first kappa shape index (κ1) is 15.0. The molecule has 4 nitrogen and oxygen atoms in total. The van der Waals surface area contributed by atoms with Gasteiger partial charge in [-0.25, -0.2) is 4.79 Å². The minimum atomic E-state index is -4.83. The molecule has 104 valence electrons. The molecular weight excluding hydrogens is 263 g/mol. The van der Waals surface area contributed by atoms with Gasteiger partial charge in [0.1, 0.15) is 5.57 Å². The van der Waals surface area contributed by atoms with Gasteiger partial charge in [-0.05, 0) is 17.7 Å². The van der Waals surface area contributed by atoms with Crippen LogP contribution in [0.25, 0.3) is 0 Å². The van der Waals surface area contributed by atoms with Gasteiger partial charge in [-0.1, -0.05) is 12.6 Å². The standard InChI is InChI=1S/C12H12F3NO3/c1-7(12(13,14)15)11(17)19-9-4-3-8(6-16)5-10(9)18-2/h3-5H,1,6,16H2,2H3. The fourth-order valence-electron chi connectivity index (χ4n) is 1.20. The Morgan fingerprint density at radius 3 is 2.47 bits per heavy atom. The number of benzene rings is 1. The van der Waals surface area contributed by atoms with E-state index in [1.54, 1.807) is 0 Å². The number of esters is 1. The van der Waals surface area contributed by atoms with E-state index in [9.17, 15) is 18.0 Å². The zero-order valence-electron chi connectivity index (χ0n) is 10.1. The molecule has 7 heteroatoms. The Hall–Kier alpha value is -2.02. The highest BCUT2D eigenvalue weighted by Crippen LogP contribution is 2.31. The lowest BCUT2D eigenvalue weighted by Gasteiger charge is -2.12. The largest absolute Gasteiger partial charge is 0.493 e. The van der Waals surface area contributed by atoms with Crippen molar-refractivity contribution in [1.29, 1.82) is 0 Å². The number of rotatable bonds is 4. The summed E-state index contributed by atoms with van der Waals surface area (Å²) in [4.78, 5) is 11.3. The van der Waals surface area contributed by atoms with Crippen LogP contribution >= 0.6 is 0 Å². The van der Waals surface area contributed by atoms with Crippen molar-refractivity contribution in [2.24, 2.45) is 5.73 Å². The van der Waals surface area contributed by atoms with E-state index in [1.165, 1.54) is 25.3 Å². The zero-order chi connectivity index (χ0) is 14.6. The van der Waals surface area contributed by atoms with Crippen molar-refractivity contribution < 1.29 is 27.4 Å². The van der Waals surface area contributed by atoms with Crippen LogP contribution in [0.4, 0.5) is 13.2 Å². The Morgan fingerprint density at radius 1 is 1.37 bits per heavy atom. The maximum Gasteiger partial charge on any atom is 0.422 e. The van der Waals surface area contributed by atoms with Crippen LogP contribution in [0.2, 0.25) is 0 Å². The van der Waals surface area contributed by atoms with Gasteiger partial charge in [0.25, 0.3) is 0 Å². The van der Waals surface area contributed by atoms with Gasteiger partial charge >= 0.3 is 12.1 Å². The molecule has 0 fully saturated rings. The Bertz CT molecular complexity index is 497. The van der Waals surface area contributed by atoms with Crippen molar-refractivity contribution in [3.63, 3.8) is 0 Å². The molecule has 0 radical (unpaired) electrons. The fourth-order valence-corrected chi connectivity index (χ4v) is 1.20. The number of hydrogen-bond donors (Lipinski definition) is 1. The highest BCUT2D eigenvalue weighted by Gasteiger charge is 2.38. The summed E-state index contributed by atoms with van der Waals surface area (Å²) in [7, 11) is 1.30. The molecule has 1 aromatic carbocycles. The molecule has 0 aliphatic heterocycles. The number of hydrogen-bond acceptors (Lipinski definition) is 4. The molecule has 0 spiro atoms.